The fourth-order valence-corrected chi connectivity index (χ4v) is 5.90. The number of fused-ring (bicyclic) bond motifs is 3. The van der Waals surface area contributed by atoms with Crippen LogP contribution in [0.4, 0.5) is 4.39 Å². The molecule has 2 N–H and O–H groups in total. The number of aromatic nitrogens is 2. The fourth-order valence-electron chi connectivity index (χ4n) is 5.90. The van der Waals surface area contributed by atoms with Crippen molar-refractivity contribution >= 4 is 28.6 Å². The molecule has 0 radical (unpaired) electrons. The molecular formula is C32H32FN5O3. The van der Waals surface area contributed by atoms with Crippen molar-refractivity contribution in [1.29, 1.82) is 0 Å². The Morgan fingerprint density at radius 1 is 0.951 bits per heavy atom. The highest BCUT2D eigenvalue weighted by Gasteiger charge is 2.50. The third-order valence-electron chi connectivity index (χ3n) is 8.09. The summed E-state index contributed by atoms with van der Waals surface area (Å²) in [5.74, 6) is -1.12. The quantitative estimate of drug-likeness (QED) is 0.376. The molecule has 3 amide bonds. The zero-order valence-corrected chi connectivity index (χ0v) is 23.2. The number of nitrogens with zero attached hydrogens (tertiary/aromatic N) is 3. The Morgan fingerprint density at radius 3 is 2.34 bits per heavy atom. The number of aromatic amines is 1. The van der Waals surface area contributed by atoms with Crippen LogP contribution in [0.15, 0.2) is 72.9 Å². The summed E-state index contributed by atoms with van der Waals surface area (Å²) in [5.41, 5.74) is 2.70. The summed E-state index contributed by atoms with van der Waals surface area (Å²) in [5, 5.41) is 3.50. The SMILES string of the molecule is CC(C)(C)C(NC(=O)c1cc2cc(F)ccc2[nH]1)C(=O)N1CC2CC1CN2C(=O)c1ccc(-c2ccccc2)cn1. The second-order valence-electron chi connectivity index (χ2n) is 12.0. The molecule has 0 aliphatic carbocycles. The molecule has 3 atom stereocenters. The van der Waals surface area contributed by atoms with Gasteiger partial charge in [0, 0.05) is 35.8 Å². The lowest BCUT2D eigenvalue weighted by Gasteiger charge is -2.39. The van der Waals surface area contributed by atoms with Gasteiger partial charge in [0.15, 0.2) is 0 Å². The van der Waals surface area contributed by atoms with Crippen molar-refractivity contribution in [2.24, 2.45) is 5.41 Å². The molecule has 2 aromatic heterocycles. The Kier molecular flexibility index (Phi) is 6.60. The molecule has 9 heteroatoms. The maximum Gasteiger partial charge on any atom is 0.272 e. The summed E-state index contributed by atoms with van der Waals surface area (Å²) in [7, 11) is 0. The second-order valence-corrected chi connectivity index (χ2v) is 12.0. The Hall–Kier alpha value is -4.53. The zero-order valence-electron chi connectivity index (χ0n) is 23.2. The Bertz CT molecular complexity index is 1630. The topological polar surface area (TPSA) is 98.4 Å². The van der Waals surface area contributed by atoms with Crippen LogP contribution in [0.2, 0.25) is 0 Å². The van der Waals surface area contributed by atoms with Crippen LogP contribution in [0.5, 0.6) is 0 Å². The third-order valence-corrected chi connectivity index (χ3v) is 8.09. The van der Waals surface area contributed by atoms with Crippen molar-refractivity contribution in [1.82, 2.24) is 25.1 Å². The standard InChI is InChI=1S/C32H32FN5O3/c1-32(2,3)28(36-29(39)27-14-21-13-22(33)10-12-25(21)35-27)31(41)38-18-23-15-24(38)17-37(23)30(40)26-11-9-20(16-34-26)19-7-5-4-6-8-19/h4-14,16,23-24,28,35H,15,17-18H2,1-3H3,(H,36,39). The molecule has 2 saturated heterocycles. The number of carbonyl (C=O) groups is 3. The first-order valence-electron chi connectivity index (χ1n) is 13.8. The van der Waals surface area contributed by atoms with Gasteiger partial charge < -0.3 is 20.1 Å². The van der Waals surface area contributed by atoms with E-state index in [4.69, 9.17) is 0 Å². The fraction of sp³-hybridized carbons (Fsp3) is 0.312. The molecular weight excluding hydrogens is 521 g/mol. The van der Waals surface area contributed by atoms with E-state index < -0.39 is 17.4 Å². The van der Waals surface area contributed by atoms with Gasteiger partial charge in [-0.15, -0.1) is 0 Å². The number of H-pyrrole nitrogens is 1. The van der Waals surface area contributed by atoms with Gasteiger partial charge in [-0.3, -0.25) is 19.4 Å². The monoisotopic (exact) mass is 553 g/mol. The zero-order chi connectivity index (χ0) is 28.9. The van der Waals surface area contributed by atoms with Crippen LogP contribution in [0.1, 0.15) is 48.2 Å². The molecule has 0 saturated carbocycles. The van der Waals surface area contributed by atoms with Crippen molar-refractivity contribution < 1.29 is 18.8 Å². The first kappa shape index (κ1) is 26.7. The van der Waals surface area contributed by atoms with E-state index in [1.54, 1.807) is 29.3 Å². The molecule has 0 spiro atoms. The molecule has 210 valence electrons. The summed E-state index contributed by atoms with van der Waals surface area (Å²) in [6.07, 6.45) is 2.41. The van der Waals surface area contributed by atoms with Gasteiger partial charge in [-0.05, 0) is 47.7 Å². The van der Waals surface area contributed by atoms with Gasteiger partial charge in [-0.2, -0.15) is 0 Å². The first-order chi connectivity index (χ1) is 19.6. The number of hydrogen-bond acceptors (Lipinski definition) is 4. The molecule has 2 fully saturated rings. The predicted molar refractivity (Wildman–Crippen MR) is 154 cm³/mol. The first-order valence-corrected chi connectivity index (χ1v) is 13.8. The van der Waals surface area contributed by atoms with E-state index >= 15 is 0 Å². The van der Waals surface area contributed by atoms with Gasteiger partial charge in [-0.1, -0.05) is 57.2 Å². The number of pyridine rings is 1. The molecule has 2 aliphatic heterocycles. The average molecular weight is 554 g/mol. The van der Waals surface area contributed by atoms with E-state index in [1.807, 2.05) is 62.1 Å². The van der Waals surface area contributed by atoms with E-state index in [2.05, 4.69) is 15.3 Å². The van der Waals surface area contributed by atoms with E-state index in [1.165, 1.54) is 12.1 Å². The molecule has 41 heavy (non-hydrogen) atoms. The maximum absolute atomic E-state index is 13.8. The van der Waals surface area contributed by atoms with Gasteiger partial charge in [0.2, 0.25) is 5.91 Å². The summed E-state index contributed by atoms with van der Waals surface area (Å²) in [6.45, 7) is 6.56. The maximum atomic E-state index is 13.8. The van der Waals surface area contributed by atoms with Gasteiger partial charge in [0.1, 0.15) is 23.2 Å². The van der Waals surface area contributed by atoms with Gasteiger partial charge >= 0.3 is 0 Å². The number of benzene rings is 2. The minimum atomic E-state index is -0.783. The van der Waals surface area contributed by atoms with Crippen LogP contribution in [-0.4, -0.2) is 68.7 Å². The van der Waals surface area contributed by atoms with Crippen LogP contribution in [0.3, 0.4) is 0 Å². The summed E-state index contributed by atoms with van der Waals surface area (Å²) < 4.78 is 13.6. The van der Waals surface area contributed by atoms with Crippen LogP contribution in [-0.2, 0) is 4.79 Å². The van der Waals surface area contributed by atoms with Gasteiger partial charge in [0.05, 0.1) is 12.1 Å². The smallest absolute Gasteiger partial charge is 0.272 e. The minimum Gasteiger partial charge on any atom is -0.351 e. The van der Waals surface area contributed by atoms with Crippen molar-refractivity contribution in [2.75, 3.05) is 13.1 Å². The highest BCUT2D eigenvalue weighted by atomic mass is 19.1. The lowest BCUT2D eigenvalue weighted by molar-refractivity contribution is -0.138. The summed E-state index contributed by atoms with van der Waals surface area (Å²) in [6, 6.07) is 18.4. The number of halogens is 1. The average Bonchev–Trinajstić information content (AvgIpc) is 3.69. The number of piperazine rings is 1. The van der Waals surface area contributed by atoms with Crippen molar-refractivity contribution in [3.05, 3.63) is 90.1 Å². The highest BCUT2D eigenvalue weighted by Crippen LogP contribution is 2.34. The number of nitrogens with one attached hydrogen (secondary N) is 2. The lowest BCUT2D eigenvalue weighted by Crippen LogP contribution is -2.59. The molecule has 2 aliphatic rings. The second kappa shape index (κ2) is 10.1. The Balaban J connectivity index is 1.13. The van der Waals surface area contributed by atoms with Crippen LogP contribution in [0.25, 0.3) is 22.0 Å². The summed E-state index contributed by atoms with van der Waals surface area (Å²) >= 11 is 0. The Morgan fingerprint density at radius 2 is 1.68 bits per heavy atom. The van der Waals surface area contributed by atoms with Crippen molar-refractivity contribution in [3.63, 3.8) is 0 Å². The predicted octanol–water partition coefficient (Wildman–Crippen LogP) is 4.64. The highest BCUT2D eigenvalue weighted by molar-refractivity contribution is 6.00. The molecule has 2 aromatic carbocycles. The largest absolute Gasteiger partial charge is 0.351 e. The van der Waals surface area contributed by atoms with E-state index in [-0.39, 0.29) is 35.4 Å². The van der Waals surface area contributed by atoms with Crippen molar-refractivity contribution in [3.8, 4) is 11.1 Å². The number of likely N-dealkylation sites (tertiary alicyclic amines) is 2. The summed E-state index contributed by atoms with van der Waals surface area (Å²) in [4.78, 5) is 51.4. The lowest BCUT2D eigenvalue weighted by atomic mass is 9.85. The normalized spacial score (nSPS) is 19.0. The number of hydrogen-bond donors (Lipinski definition) is 2. The molecule has 8 nitrogen and oxygen atoms in total. The molecule has 4 aromatic rings. The van der Waals surface area contributed by atoms with Gasteiger partial charge in [0.25, 0.3) is 11.8 Å². The third kappa shape index (κ3) is 5.08. The van der Waals surface area contributed by atoms with Crippen LogP contribution in [0, 0.1) is 11.2 Å². The number of carbonyl (C=O) groups excluding carboxylic acids is 3. The minimum absolute atomic E-state index is 0.105. The molecule has 4 heterocycles. The van der Waals surface area contributed by atoms with Crippen molar-refractivity contribution in [2.45, 2.75) is 45.3 Å². The van der Waals surface area contributed by atoms with Crippen LogP contribution >= 0.6 is 0 Å². The van der Waals surface area contributed by atoms with E-state index in [0.29, 0.717) is 36.1 Å². The molecule has 6 rings (SSSR count). The Labute approximate surface area is 237 Å². The van der Waals surface area contributed by atoms with E-state index in [0.717, 1.165) is 11.1 Å². The van der Waals surface area contributed by atoms with Crippen LogP contribution < -0.4 is 5.32 Å². The van der Waals surface area contributed by atoms with Gasteiger partial charge in [-0.25, -0.2) is 4.39 Å². The molecule has 2 bridgehead atoms. The number of rotatable bonds is 5. The molecule has 3 unspecified atom stereocenters. The number of amides is 3. The van der Waals surface area contributed by atoms with E-state index in [9.17, 15) is 18.8 Å².